The van der Waals surface area contributed by atoms with Gasteiger partial charge in [-0.1, -0.05) is 0 Å². The van der Waals surface area contributed by atoms with Crippen molar-refractivity contribution in [2.75, 3.05) is 26.3 Å². The topological polar surface area (TPSA) is 50.8 Å². The molecule has 2 aliphatic heterocycles. The van der Waals surface area contributed by atoms with Gasteiger partial charge in [0.05, 0.1) is 19.2 Å². The molecule has 14 heavy (non-hydrogen) atoms. The van der Waals surface area contributed by atoms with E-state index in [0.717, 1.165) is 26.3 Å². The van der Waals surface area contributed by atoms with E-state index in [-0.39, 0.29) is 0 Å². The summed E-state index contributed by atoms with van der Waals surface area (Å²) in [4.78, 5) is 6.52. The van der Waals surface area contributed by atoms with Crippen molar-refractivity contribution in [1.82, 2.24) is 4.90 Å². The van der Waals surface area contributed by atoms with Gasteiger partial charge in [0, 0.05) is 19.1 Å². The number of guanidine groups is 1. The van der Waals surface area contributed by atoms with Gasteiger partial charge in [0.2, 0.25) is 0 Å². The monoisotopic (exact) mass is 197 g/mol. The third kappa shape index (κ3) is 1.71. The van der Waals surface area contributed by atoms with Crippen LogP contribution >= 0.6 is 0 Å². The first-order valence-corrected chi connectivity index (χ1v) is 5.47. The summed E-state index contributed by atoms with van der Waals surface area (Å²) in [7, 11) is 0. The lowest BCUT2D eigenvalue weighted by atomic mass is 9.93. The maximum absolute atomic E-state index is 5.82. The van der Waals surface area contributed by atoms with Crippen LogP contribution in [0, 0.1) is 5.92 Å². The molecule has 2 N–H and O–H groups in total. The quantitative estimate of drug-likeness (QED) is 0.698. The highest BCUT2D eigenvalue weighted by molar-refractivity contribution is 5.80. The third-order valence-corrected chi connectivity index (χ3v) is 3.22. The fourth-order valence-electron chi connectivity index (χ4n) is 2.42. The second-order valence-electron chi connectivity index (χ2n) is 4.03. The average molecular weight is 197 g/mol. The van der Waals surface area contributed by atoms with Crippen LogP contribution in [-0.4, -0.2) is 43.2 Å². The summed E-state index contributed by atoms with van der Waals surface area (Å²) < 4.78 is 5.50. The van der Waals surface area contributed by atoms with Gasteiger partial charge in [-0.25, -0.2) is 0 Å². The molecular formula is C10H19N3O. The zero-order chi connectivity index (χ0) is 9.97. The van der Waals surface area contributed by atoms with Crippen LogP contribution in [0.2, 0.25) is 0 Å². The van der Waals surface area contributed by atoms with Crippen LogP contribution in [0.4, 0.5) is 0 Å². The number of ether oxygens (including phenoxy) is 1. The normalized spacial score (nSPS) is 33.2. The first kappa shape index (κ1) is 9.77. The Bertz CT molecular complexity index is 223. The number of aliphatic imine (C=N–C) groups is 1. The van der Waals surface area contributed by atoms with Gasteiger partial charge >= 0.3 is 0 Å². The van der Waals surface area contributed by atoms with E-state index < -0.39 is 0 Å². The van der Waals surface area contributed by atoms with Gasteiger partial charge in [-0.2, -0.15) is 0 Å². The maximum atomic E-state index is 5.82. The van der Waals surface area contributed by atoms with Crippen molar-refractivity contribution in [3.05, 3.63) is 0 Å². The van der Waals surface area contributed by atoms with Gasteiger partial charge in [-0.15, -0.1) is 0 Å². The van der Waals surface area contributed by atoms with E-state index in [1.54, 1.807) is 0 Å². The Kier molecular flexibility index (Phi) is 2.91. The number of hydrogen-bond acceptors (Lipinski definition) is 4. The Morgan fingerprint density at radius 3 is 3.14 bits per heavy atom. The number of likely N-dealkylation sites (N-methyl/N-ethyl adjacent to an activating group) is 1. The molecule has 0 aromatic heterocycles. The summed E-state index contributed by atoms with van der Waals surface area (Å²) in [5.41, 5.74) is 5.82. The van der Waals surface area contributed by atoms with Gasteiger partial charge in [0.1, 0.15) is 0 Å². The van der Waals surface area contributed by atoms with Gasteiger partial charge in [0.25, 0.3) is 0 Å². The van der Waals surface area contributed by atoms with E-state index in [4.69, 9.17) is 10.5 Å². The largest absolute Gasteiger partial charge is 0.381 e. The molecule has 0 bridgehead atoms. The minimum Gasteiger partial charge on any atom is -0.381 e. The highest BCUT2D eigenvalue weighted by Crippen LogP contribution is 2.24. The molecule has 4 nitrogen and oxygen atoms in total. The molecule has 2 atom stereocenters. The molecule has 2 aliphatic rings. The third-order valence-electron chi connectivity index (χ3n) is 3.22. The molecule has 0 radical (unpaired) electrons. The van der Waals surface area contributed by atoms with Crippen molar-refractivity contribution in [3.63, 3.8) is 0 Å². The minimum atomic E-state index is 0.486. The minimum absolute atomic E-state index is 0.486. The van der Waals surface area contributed by atoms with Crippen molar-refractivity contribution in [2.24, 2.45) is 16.6 Å². The number of rotatable bonds is 2. The molecule has 0 aromatic rings. The molecule has 4 heteroatoms. The van der Waals surface area contributed by atoms with Crippen molar-refractivity contribution in [3.8, 4) is 0 Å². The zero-order valence-corrected chi connectivity index (χ0v) is 8.78. The Balaban J connectivity index is 1.97. The standard InChI is InChI=1S/C10H19N3O/c1-2-13-9(6-12-10(13)11)8-4-3-5-14-7-8/h8-9H,2-7H2,1H3,(H2,11,12). The predicted octanol–water partition coefficient (Wildman–Crippen LogP) is 0.432. The van der Waals surface area contributed by atoms with Crippen LogP contribution in [0.15, 0.2) is 4.99 Å². The lowest BCUT2D eigenvalue weighted by Crippen LogP contribution is -2.46. The van der Waals surface area contributed by atoms with Crippen molar-refractivity contribution >= 4 is 5.96 Å². The first-order chi connectivity index (χ1) is 6.83. The Labute approximate surface area is 85.1 Å². The van der Waals surface area contributed by atoms with Crippen molar-refractivity contribution in [2.45, 2.75) is 25.8 Å². The SMILES string of the molecule is CCN1C(N)=NCC1C1CCCOC1. The lowest BCUT2D eigenvalue weighted by molar-refractivity contribution is 0.0292. The molecule has 0 saturated carbocycles. The highest BCUT2D eigenvalue weighted by Gasteiger charge is 2.32. The molecule has 0 spiro atoms. The molecule has 0 aliphatic carbocycles. The van der Waals surface area contributed by atoms with E-state index in [2.05, 4.69) is 16.8 Å². The molecule has 2 heterocycles. The van der Waals surface area contributed by atoms with Crippen molar-refractivity contribution < 1.29 is 4.74 Å². The van der Waals surface area contributed by atoms with Crippen LogP contribution in [0.25, 0.3) is 0 Å². The molecule has 2 rings (SSSR count). The molecule has 2 unspecified atom stereocenters. The summed E-state index contributed by atoms with van der Waals surface area (Å²) in [6, 6.07) is 0.486. The summed E-state index contributed by atoms with van der Waals surface area (Å²) in [6.07, 6.45) is 2.43. The lowest BCUT2D eigenvalue weighted by Gasteiger charge is -2.33. The van der Waals surface area contributed by atoms with E-state index in [1.165, 1.54) is 12.8 Å². The molecule has 0 aromatic carbocycles. The van der Waals surface area contributed by atoms with Gasteiger partial charge in [-0.3, -0.25) is 4.99 Å². The van der Waals surface area contributed by atoms with Crippen LogP contribution < -0.4 is 5.73 Å². The summed E-state index contributed by atoms with van der Waals surface area (Å²) in [6.45, 7) is 5.74. The second-order valence-corrected chi connectivity index (χ2v) is 4.03. The summed E-state index contributed by atoms with van der Waals surface area (Å²) in [5.74, 6) is 1.33. The molecule has 80 valence electrons. The maximum Gasteiger partial charge on any atom is 0.191 e. The molecule has 0 amide bonds. The highest BCUT2D eigenvalue weighted by atomic mass is 16.5. The average Bonchev–Trinajstić information content (AvgIpc) is 2.61. The van der Waals surface area contributed by atoms with Gasteiger partial charge in [0.15, 0.2) is 5.96 Å². The predicted molar refractivity (Wildman–Crippen MR) is 56.2 cm³/mol. The van der Waals surface area contributed by atoms with Crippen LogP contribution in [0.5, 0.6) is 0 Å². The Morgan fingerprint density at radius 1 is 1.64 bits per heavy atom. The van der Waals surface area contributed by atoms with E-state index in [9.17, 15) is 0 Å². The number of nitrogens with two attached hydrogens (primary N) is 1. The van der Waals surface area contributed by atoms with Crippen molar-refractivity contribution in [1.29, 1.82) is 0 Å². The fraction of sp³-hybridized carbons (Fsp3) is 0.900. The fourth-order valence-corrected chi connectivity index (χ4v) is 2.42. The number of nitrogens with zero attached hydrogens (tertiary/aromatic N) is 2. The summed E-state index contributed by atoms with van der Waals surface area (Å²) in [5, 5.41) is 0. The Hall–Kier alpha value is -0.770. The zero-order valence-electron chi connectivity index (χ0n) is 8.78. The summed E-state index contributed by atoms with van der Waals surface area (Å²) >= 11 is 0. The van der Waals surface area contributed by atoms with Crippen LogP contribution in [0.1, 0.15) is 19.8 Å². The smallest absolute Gasteiger partial charge is 0.191 e. The number of hydrogen-bond donors (Lipinski definition) is 1. The van der Waals surface area contributed by atoms with E-state index in [1.807, 2.05) is 0 Å². The van der Waals surface area contributed by atoms with Gasteiger partial charge < -0.3 is 15.4 Å². The van der Waals surface area contributed by atoms with Crippen LogP contribution in [0.3, 0.4) is 0 Å². The molecule has 1 saturated heterocycles. The molecule has 1 fully saturated rings. The van der Waals surface area contributed by atoms with E-state index in [0.29, 0.717) is 17.9 Å². The Morgan fingerprint density at radius 2 is 2.50 bits per heavy atom. The second kappa shape index (κ2) is 4.17. The van der Waals surface area contributed by atoms with Crippen LogP contribution in [-0.2, 0) is 4.74 Å². The van der Waals surface area contributed by atoms with Gasteiger partial charge in [-0.05, 0) is 19.8 Å². The molecular weight excluding hydrogens is 178 g/mol. The first-order valence-electron chi connectivity index (χ1n) is 5.47. The van der Waals surface area contributed by atoms with E-state index >= 15 is 0 Å².